The fraction of sp³-hybridized carbons (Fsp3) is 0.375. The molecular weight excluding hydrogens is 270 g/mol. The van der Waals surface area contributed by atoms with Crippen LogP contribution in [0.25, 0.3) is 0 Å². The van der Waals surface area contributed by atoms with Gasteiger partial charge in [-0.15, -0.1) is 0 Å². The summed E-state index contributed by atoms with van der Waals surface area (Å²) in [6.45, 7) is 0.00806. The van der Waals surface area contributed by atoms with Crippen molar-refractivity contribution in [3.63, 3.8) is 0 Å². The molecule has 2 amide bonds. The van der Waals surface area contributed by atoms with Gasteiger partial charge < -0.3 is 9.84 Å². The number of benzene rings is 1. The van der Waals surface area contributed by atoms with Gasteiger partial charge in [0, 0.05) is 0 Å². The number of carbonyl (C=O) groups excluding carboxylic acids is 2. The van der Waals surface area contributed by atoms with Crippen LogP contribution in [0.5, 0.6) is 0 Å². The second-order valence-corrected chi connectivity index (χ2v) is 5.72. The van der Waals surface area contributed by atoms with Crippen molar-refractivity contribution >= 4 is 11.8 Å². The minimum Gasteiger partial charge on any atom is -0.387 e. The average molecular weight is 285 g/mol. The third kappa shape index (κ3) is 1.78. The van der Waals surface area contributed by atoms with Gasteiger partial charge in [0.05, 0.1) is 36.7 Å². The molecule has 4 rings (SSSR count). The molecule has 0 saturated carbocycles. The molecule has 108 valence electrons. The zero-order chi connectivity index (χ0) is 14.6. The van der Waals surface area contributed by atoms with Crippen LogP contribution in [0.4, 0.5) is 0 Å². The molecule has 3 aliphatic heterocycles. The van der Waals surface area contributed by atoms with Crippen molar-refractivity contribution in [2.75, 3.05) is 6.54 Å². The van der Waals surface area contributed by atoms with Gasteiger partial charge in [-0.2, -0.15) is 0 Å². The molecule has 0 aliphatic carbocycles. The molecule has 2 fully saturated rings. The summed E-state index contributed by atoms with van der Waals surface area (Å²) < 4.78 is 5.58. The van der Waals surface area contributed by atoms with E-state index in [9.17, 15) is 14.7 Å². The van der Waals surface area contributed by atoms with Crippen LogP contribution < -0.4 is 0 Å². The number of aliphatic hydroxyl groups is 1. The number of hydrogen-bond acceptors (Lipinski definition) is 4. The monoisotopic (exact) mass is 285 g/mol. The Morgan fingerprint density at radius 1 is 1.05 bits per heavy atom. The van der Waals surface area contributed by atoms with Crippen LogP contribution >= 0.6 is 0 Å². The first-order chi connectivity index (χ1) is 10.2. The Kier molecular flexibility index (Phi) is 2.74. The summed E-state index contributed by atoms with van der Waals surface area (Å²) in [4.78, 5) is 26.1. The molecule has 5 heteroatoms. The molecule has 1 N–H and O–H groups in total. The van der Waals surface area contributed by atoms with Crippen LogP contribution in [0, 0.1) is 11.8 Å². The highest BCUT2D eigenvalue weighted by Gasteiger charge is 2.60. The fourth-order valence-electron chi connectivity index (χ4n) is 3.50. The van der Waals surface area contributed by atoms with E-state index in [2.05, 4.69) is 0 Å². The molecule has 21 heavy (non-hydrogen) atoms. The third-order valence-corrected chi connectivity index (χ3v) is 4.54. The van der Waals surface area contributed by atoms with Crippen molar-refractivity contribution in [1.29, 1.82) is 0 Å². The smallest absolute Gasteiger partial charge is 0.236 e. The first-order valence-corrected chi connectivity index (χ1v) is 7.09. The second-order valence-electron chi connectivity index (χ2n) is 5.72. The highest BCUT2D eigenvalue weighted by atomic mass is 16.5. The maximum atomic E-state index is 12.4. The second kappa shape index (κ2) is 4.51. The van der Waals surface area contributed by atoms with Gasteiger partial charge in [-0.05, 0) is 5.56 Å². The minimum atomic E-state index is -0.857. The van der Waals surface area contributed by atoms with E-state index >= 15 is 0 Å². The lowest BCUT2D eigenvalue weighted by molar-refractivity contribution is -0.144. The third-order valence-electron chi connectivity index (χ3n) is 4.54. The zero-order valence-corrected chi connectivity index (χ0v) is 11.3. The Morgan fingerprint density at radius 2 is 1.62 bits per heavy atom. The standard InChI is InChI=1S/C16H15NO4/c18-10(9-4-2-1-3-5-9)8-17-15(19)13-11-6-7-12(21-11)14(13)16(17)20/h1-7,10-14,18H,8H2/t10-,11-,12-,13-,14-/m0/s1. The summed E-state index contributed by atoms with van der Waals surface area (Å²) in [5.74, 6) is -1.26. The molecule has 3 heterocycles. The van der Waals surface area contributed by atoms with Crippen molar-refractivity contribution in [3.05, 3.63) is 48.0 Å². The average Bonchev–Trinajstić information content (AvgIpc) is 3.18. The minimum absolute atomic E-state index is 0.00806. The van der Waals surface area contributed by atoms with Crippen molar-refractivity contribution in [3.8, 4) is 0 Å². The summed E-state index contributed by atoms with van der Waals surface area (Å²) in [5, 5.41) is 10.2. The Morgan fingerprint density at radius 3 is 2.19 bits per heavy atom. The van der Waals surface area contributed by atoms with Gasteiger partial charge >= 0.3 is 0 Å². The van der Waals surface area contributed by atoms with Crippen LogP contribution in [0.1, 0.15) is 11.7 Å². The summed E-state index contributed by atoms with van der Waals surface area (Å²) in [6, 6.07) is 9.06. The van der Waals surface area contributed by atoms with E-state index in [-0.39, 0.29) is 30.6 Å². The van der Waals surface area contributed by atoms with Gasteiger partial charge in [0.1, 0.15) is 0 Å². The molecule has 0 aromatic heterocycles. The van der Waals surface area contributed by atoms with Gasteiger partial charge in [0.15, 0.2) is 0 Å². The normalized spacial score (nSPS) is 34.6. The Bertz CT molecular complexity index is 596. The van der Waals surface area contributed by atoms with Crippen LogP contribution in [0.3, 0.4) is 0 Å². The molecule has 2 bridgehead atoms. The number of nitrogens with zero attached hydrogens (tertiary/aromatic N) is 1. The summed E-state index contributed by atoms with van der Waals surface area (Å²) in [7, 11) is 0. The first kappa shape index (κ1) is 12.7. The Hall–Kier alpha value is -1.98. The molecule has 1 aromatic carbocycles. The SMILES string of the molecule is O=C1[C@@H]2[C@@H](C(=O)N1C[C@H](O)c1ccccc1)[C@@H]1C=C[C@@H]2O1. The maximum absolute atomic E-state index is 12.4. The van der Waals surface area contributed by atoms with Gasteiger partial charge in [0.2, 0.25) is 11.8 Å². The summed E-state index contributed by atoms with van der Waals surface area (Å²) in [6.07, 6.45) is 2.29. The summed E-state index contributed by atoms with van der Waals surface area (Å²) in [5.41, 5.74) is 0.701. The fourth-order valence-corrected chi connectivity index (χ4v) is 3.50. The van der Waals surface area contributed by atoms with Crippen molar-refractivity contribution in [2.24, 2.45) is 11.8 Å². The highest BCUT2D eigenvalue weighted by molar-refractivity contribution is 6.06. The van der Waals surface area contributed by atoms with E-state index in [4.69, 9.17) is 4.74 Å². The summed E-state index contributed by atoms with van der Waals surface area (Å²) >= 11 is 0. The van der Waals surface area contributed by atoms with Crippen molar-refractivity contribution in [2.45, 2.75) is 18.3 Å². The van der Waals surface area contributed by atoms with Crippen LogP contribution in [-0.4, -0.2) is 40.6 Å². The molecule has 1 aromatic rings. The number of aliphatic hydroxyl groups excluding tert-OH is 1. The molecular formula is C16H15NO4. The number of amides is 2. The predicted octanol–water partition coefficient (Wildman–Crippen LogP) is 0.658. The quantitative estimate of drug-likeness (QED) is 0.654. The lowest BCUT2D eigenvalue weighted by Gasteiger charge is -2.21. The molecule has 5 atom stereocenters. The molecule has 0 spiro atoms. The molecule has 0 radical (unpaired) electrons. The highest BCUT2D eigenvalue weighted by Crippen LogP contribution is 2.45. The van der Waals surface area contributed by atoms with Crippen LogP contribution in [0.15, 0.2) is 42.5 Å². The van der Waals surface area contributed by atoms with Crippen molar-refractivity contribution < 1.29 is 19.4 Å². The molecule has 5 nitrogen and oxygen atoms in total. The first-order valence-electron chi connectivity index (χ1n) is 7.09. The number of β-amino-alcohol motifs (C(OH)–C–C–N with tert-alkyl or cyclic N) is 1. The predicted molar refractivity (Wildman–Crippen MR) is 72.9 cm³/mol. The Balaban J connectivity index is 1.55. The zero-order valence-electron chi connectivity index (χ0n) is 11.3. The van der Waals surface area contributed by atoms with E-state index in [0.29, 0.717) is 5.56 Å². The number of hydrogen-bond donors (Lipinski definition) is 1. The number of imide groups is 1. The van der Waals surface area contributed by atoms with E-state index in [1.165, 1.54) is 4.90 Å². The lowest BCUT2D eigenvalue weighted by Crippen LogP contribution is -2.37. The maximum Gasteiger partial charge on any atom is 0.236 e. The van der Waals surface area contributed by atoms with E-state index < -0.39 is 17.9 Å². The van der Waals surface area contributed by atoms with Gasteiger partial charge in [-0.1, -0.05) is 42.5 Å². The number of carbonyl (C=O) groups is 2. The van der Waals surface area contributed by atoms with Crippen LogP contribution in [-0.2, 0) is 14.3 Å². The number of ether oxygens (including phenoxy) is 1. The topological polar surface area (TPSA) is 66.8 Å². The van der Waals surface area contributed by atoms with E-state index in [0.717, 1.165) is 0 Å². The Labute approximate surface area is 121 Å². The van der Waals surface area contributed by atoms with Gasteiger partial charge in [-0.3, -0.25) is 14.5 Å². The van der Waals surface area contributed by atoms with Gasteiger partial charge in [-0.25, -0.2) is 0 Å². The number of fused-ring (bicyclic) bond motifs is 5. The number of rotatable bonds is 3. The largest absolute Gasteiger partial charge is 0.387 e. The van der Waals surface area contributed by atoms with Gasteiger partial charge in [0.25, 0.3) is 0 Å². The molecule has 0 unspecified atom stereocenters. The molecule has 2 saturated heterocycles. The van der Waals surface area contributed by atoms with Crippen LogP contribution in [0.2, 0.25) is 0 Å². The molecule has 3 aliphatic rings. The van der Waals surface area contributed by atoms with E-state index in [1.807, 2.05) is 30.4 Å². The van der Waals surface area contributed by atoms with E-state index in [1.54, 1.807) is 12.1 Å². The lowest BCUT2D eigenvalue weighted by atomic mass is 9.85. The number of likely N-dealkylation sites (tertiary alicyclic amines) is 1. The van der Waals surface area contributed by atoms with Crippen molar-refractivity contribution in [1.82, 2.24) is 4.90 Å².